The molecule has 0 aliphatic heterocycles. The lowest BCUT2D eigenvalue weighted by molar-refractivity contribution is 1.26. The van der Waals surface area contributed by atoms with Crippen LogP contribution in [0, 0.1) is 0 Å². The van der Waals surface area contributed by atoms with Crippen LogP contribution >= 0.6 is 0 Å². The summed E-state index contributed by atoms with van der Waals surface area (Å²) in [6, 6.07) is 38.4. The Kier molecular flexibility index (Phi) is 4.54. The molecule has 5 aromatic rings. The lowest BCUT2D eigenvalue weighted by Gasteiger charge is -2.14. The zero-order chi connectivity index (χ0) is 21.3. The van der Waals surface area contributed by atoms with E-state index in [0.29, 0.717) is 0 Å². The van der Waals surface area contributed by atoms with Crippen molar-refractivity contribution in [3.63, 3.8) is 0 Å². The molecule has 6 rings (SSSR count). The van der Waals surface area contributed by atoms with Crippen molar-refractivity contribution >= 4 is 22.7 Å². The summed E-state index contributed by atoms with van der Waals surface area (Å²) in [5, 5.41) is 7.03. The molecule has 152 valence electrons. The minimum Gasteiger partial charge on any atom is -0.279 e. The summed E-state index contributed by atoms with van der Waals surface area (Å²) in [6.07, 6.45) is 2.93. The average Bonchev–Trinajstić information content (AvgIpc) is 3.24. The Morgan fingerprint density at radius 1 is 0.594 bits per heavy atom. The minimum absolute atomic E-state index is 0.966. The van der Waals surface area contributed by atoms with Crippen LogP contribution in [0.1, 0.15) is 16.7 Å². The number of hydrogen-bond donors (Lipinski definition) is 1. The number of anilines is 1. The highest BCUT2D eigenvalue weighted by molar-refractivity contribution is 6.07. The summed E-state index contributed by atoms with van der Waals surface area (Å²) in [5.41, 5.74) is 13.3. The molecule has 0 saturated heterocycles. The van der Waals surface area contributed by atoms with Gasteiger partial charge in [-0.25, -0.2) is 0 Å². The Hall–Kier alpha value is -4.17. The van der Waals surface area contributed by atoms with Crippen LogP contribution in [0.2, 0.25) is 0 Å². The van der Waals surface area contributed by atoms with Gasteiger partial charge in [0.25, 0.3) is 0 Å². The Morgan fingerprint density at radius 2 is 1.31 bits per heavy atom. The summed E-state index contributed by atoms with van der Waals surface area (Å²) in [6.45, 7) is 0. The largest absolute Gasteiger partial charge is 0.279 e. The predicted molar refractivity (Wildman–Crippen MR) is 135 cm³/mol. The number of hydrogen-bond acceptors (Lipinski definition) is 2. The van der Waals surface area contributed by atoms with Crippen LogP contribution in [-0.2, 0) is 6.42 Å². The molecule has 0 amide bonds. The van der Waals surface area contributed by atoms with Gasteiger partial charge < -0.3 is 0 Å². The summed E-state index contributed by atoms with van der Waals surface area (Å²) in [5.74, 6) is 0. The molecule has 1 aliphatic rings. The molecule has 1 aliphatic carbocycles. The van der Waals surface area contributed by atoms with E-state index < -0.39 is 0 Å². The SMILES string of the molecule is C(=N\Nc1ccccc1)/c1c(-c2cccc3c2Cc2ccccc2-3)ccc2ccccc12. The molecule has 0 heterocycles. The second kappa shape index (κ2) is 7.82. The van der Waals surface area contributed by atoms with Gasteiger partial charge in [0.15, 0.2) is 0 Å². The molecule has 32 heavy (non-hydrogen) atoms. The maximum atomic E-state index is 4.61. The van der Waals surface area contributed by atoms with Gasteiger partial charge in [-0.3, -0.25) is 5.43 Å². The highest BCUT2D eigenvalue weighted by atomic mass is 15.3. The number of fused-ring (bicyclic) bond motifs is 4. The van der Waals surface area contributed by atoms with Gasteiger partial charge in [0.1, 0.15) is 0 Å². The van der Waals surface area contributed by atoms with Gasteiger partial charge in [0.2, 0.25) is 0 Å². The number of rotatable bonds is 4. The molecule has 0 atom stereocenters. The van der Waals surface area contributed by atoms with E-state index >= 15 is 0 Å². The Balaban J connectivity index is 1.50. The third kappa shape index (κ3) is 3.17. The first kappa shape index (κ1) is 18.6. The first-order valence-corrected chi connectivity index (χ1v) is 10.9. The van der Waals surface area contributed by atoms with Crippen molar-refractivity contribution < 1.29 is 0 Å². The Labute approximate surface area is 187 Å². The predicted octanol–water partition coefficient (Wildman–Crippen LogP) is 7.52. The number of para-hydroxylation sites is 1. The molecular formula is C30H22N2. The zero-order valence-electron chi connectivity index (χ0n) is 17.6. The lowest BCUT2D eigenvalue weighted by atomic mass is 9.90. The Morgan fingerprint density at radius 3 is 2.22 bits per heavy atom. The molecule has 5 aromatic carbocycles. The molecule has 0 bridgehead atoms. The first-order valence-electron chi connectivity index (χ1n) is 10.9. The quantitative estimate of drug-likeness (QED) is 0.236. The van der Waals surface area contributed by atoms with E-state index in [-0.39, 0.29) is 0 Å². The van der Waals surface area contributed by atoms with Crippen LogP contribution in [0.4, 0.5) is 5.69 Å². The third-order valence-corrected chi connectivity index (χ3v) is 6.27. The molecule has 2 nitrogen and oxygen atoms in total. The zero-order valence-corrected chi connectivity index (χ0v) is 17.6. The standard InChI is InChI=1S/C30H22N2/c1-2-11-23(12-3-1)32-31-20-30-24-13-6-4-9-21(24)17-18-28(30)27-16-8-15-26-25-14-7-5-10-22(25)19-29(26)27/h1-18,20,32H,19H2/b31-20+. The van der Waals surface area contributed by atoms with Gasteiger partial charge >= 0.3 is 0 Å². The van der Waals surface area contributed by atoms with E-state index in [9.17, 15) is 0 Å². The molecule has 2 heteroatoms. The summed E-state index contributed by atoms with van der Waals surface area (Å²) in [7, 11) is 0. The molecule has 0 unspecified atom stereocenters. The highest BCUT2D eigenvalue weighted by Gasteiger charge is 2.22. The molecule has 0 spiro atoms. The van der Waals surface area contributed by atoms with Gasteiger partial charge in [-0.2, -0.15) is 5.10 Å². The lowest BCUT2D eigenvalue weighted by Crippen LogP contribution is -1.97. The van der Waals surface area contributed by atoms with E-state index in [1.807, 2.05) is 36.5 Å². The van der Waals surface area contributed by atoms with E-state index in [1.165, 1.54) is 44.2 Å². The van der Waals surface area contributed by atoms with Crippen LogP contribution in [0.3, 0.4) is 0 Å². The maximum absolute atomic E-state index is 4.61. The normalized spacial score (nSPS) is 12.1. The Bertz CT molecular complexity index is 1470. The number of nitrogens with zero attached hydrogens (tertiary/aromatic N) is 1. The van der Waals surface area contributed by atoms with Crippen LogP contribution < -0.4 is 5.43 Å². The van der Waals surface area contributed by atoms with Crippen LogP contribution in [0.15, 0.2) is 114 Å². The van der Waals surface area contributed by atoms with Crippen LogP contribution in [0.5, 0.6) is 0 Å². The molecular weight excluding hydrogens is 388 g/mol. The smallest absolute Gasteiger partial charge is 0.0561 e. The second-order valence-electron chi connectivity index (χ2n) is 8.15. The highest BCUT2D eigenvalue weighted by Crippen LogP contribution is 2.42. The summed E-state index contributed by atoms with van der Waals surface area (Å²) >= 11 is 0. The van der Waals surface area contributed by atoms with Crippen molar-refractivity contribution in [2.24, 2.45) is 5.10 Å². The number of hydrazone groups is 1. The first-order chi connectivity index (χ1) is 15.9. The maximum Gasteiger partial charge on any atom is 0.0561 e. The van der Waals surface area contributed by atoms with Gasteiger partial charge in [0.05, 0.1) is 11.9 Å². The summed E-state index contributed by atoms with van der Waals surface area (Å²) in [4.78, 5) is 0. The van der Waals surface area contributed by atoms with Gasteiger partial charge in [0, 0.05) is 5.56 Å². The molecule has 0 fully saturated rings. The van der Waals surface area contributed by atoms with Gasteiger partial charge in [-0.1, -0.05) is 97.1 Å². The van der Waals surface area contributed by atoms with Crippen LogP contribution in [-0.4, -0.2) is 6.21 Å². The summed E-state index contributed by atoms with van der Waals surface area (Å²) < 4.78 is 0. The monoisotopic (exact) mass is 410 g/mol. The van der Waals surface area contributed by atoms with Gasteiger partial charge in [-0.05, 0) is 62.7 Å². The van der Waals surface area contributed by atoms with E-state index in [2.05, 4.69) is 89.4 Å². The topological polar surface area (TPSA) is 24.4 Å². The third-order valence-electron chi connectivity index (χ3n) is 6.27. The molecule has 1 N–H and O–H groups in total. The van der Waals surface area contributed by atoms with Gasteiger partial charge in [-0.15, -0.1) is 0 Å². The molecule has 0 radical (unpaired) electrons. The van der Waals surface area contributed by atoms with Crippen molar-refractivity contribution in [2.75, 3.05) is 5.43 Å². The van der Waals surface area contributed by atoms with E-state index in [4.69, 9.17) is 0 Å². The fourth-order valence-corrected chi connectivity index (χ4v) is 4.76. The molecule has 0 saturated carbocycles. The van der Waals surface area contributed by atoms with E-state index in [1.54, 1.807) is 0 Å². The molecule has 0 aromatic heterocycles. The van der Waals surface area contributed by atoms with Crippen molar-refractivity contribution in [1.82, 2.24) is 0 Å². The van der Waals surface area contributed by atoms with Crippen LogP contribution in [0.25, 0.3) is 33.0 Å². The van der Waals surface area contributed by atoms with Crippen molar-refractivity contribution in [3.05, 3.63) is 126 Å². The second-order valence-corrected chi connectivity index (χ2v) is 8.15. The number of benzene rings is 5. The minimum atomic E-state index is 0.966. The van der Waals surface area contributed by atoms with Crippen molar-refractivity contribution in [2.45, 2.75) is 6.42 Å². The fourth-order valence-electron chi connectivity index (χ4n) is 4.76. The number of nitrogens with one attached hydrogen (secondary N) is 1. The average molecular weight is 411 g/mol. The van der Waals surface area contributed by atoms with Crippen molar-refractivity contribution in [1.29, 1.82) is 0 Å². The van der Waals surface area contributed by atoms with E-state index in [0.717, 1.165) is 17.7 Å². The fraction of sp³-hybridized carbons (Fsp3) is 0.0333. The van der Waals surface area contributed by atoms with Crippen molar-refractivity contribution in [3.8, 4) is 22.3 Å².